The lowest BCUT2D eigenvalue weighted by Crippen LogP contribution is -2.59. The van der Waals surface area contributed by atoms with Crippen LogP contribution in [0.15, 0.2) is 15.9 Å². The van der Waals surface area contributed by atoms with Gasteiger partial charge in [0, 0.05) is 19.8 Å². The molecule has 0 saturated carbocycles. The standard InChI is InChI=1S/C16H18BrNO5S2/c1-9-4-3-7-18(9,16(22)23)14(20)8-12(24-10(2)19)15(21)11-5-6-13(17)25-11/h5-6,9,12H,3-4,7-8H2,1-2H3/p+1/t9-,12?,18?/m1/s1. The number of imide groups is 1. The zero-order valence-corrected chi connectivity index (χ0v) is 17.1. The molecule has 2 amide bonds. The van der Waals surface area contributed by atoms with E-state index in [0.717, 1.165) is 15.5 Å². The maximum Gasteiger partial charge on any atom is 0.521 e. The highest BCUT2D eigenvalue weighted by Crippen LogP contribution is 2.33. The molecular formula is C16H19BrNO5S2+. The summed E-state index contributed by atoms with van der Waals surface area (Å²) in [4.78, 5) is 49.4. The molecule has 0 aromatic carbocycles. The highest BCUT2D eigenvalue weighted by Gasteiger charge is 2.53. The van der Waals surface area contributed by atoms with E-state index in [9.17, 15) is 24.3 Å². The van der Waals surface area contributed by atoms with Crippen LogP contribution in [-0.4, -0.2) is 50.3 Å². The number of hydrogen-bond donors (Lipinski definition) is 1. The Morgan fingerprint density at radius 2 is 2.08 bits per heavy atom. The maximum absolute atomic E-state index is 12.9. The fourth-order valence-corrected chi connectivity index (χ4v) is 5.47. The lowest BCUT2D eigenvalue weighted by molar-refractivity contribution is -0.792. The molecule has 25 heavy (non-hydrogen) atoms. The quantitative estimate of drug-likeness (QED) is 0.541. The van der Waals surface area contributed by atoms with Crippen LogP contribution in [0, 0.1) is 0 Å². The zero-order valence-electron chi connectivity index (χ0n) is 13.9. The third-order valence-electron chi connectivity index (χ3n) is 4.45. The first kappa shape index (κ1) is 20.3. The van der Waals surface area contributed by atoms with Gasteiger partial charge < -0.3 is 5.11 Å². The second-order valence-corrected chi connectivity index (χ2v) is 9.87. The molecule has 0 bridgehead atoms. The van der Waals surface area contributed by atoms with Crippen molar-refractivity contribution in [3.8, 4) is 0 Å². The minimum absolute atomic E-state index is 0.228. The molecule has 1 saturated heterocycles. The summed E-state index contributed by atoms with van der Waals surface area (Å²) < 4.78 is 0.118. The number of carbonyl (C=O) groups excluding carboxylic acids is 3. The average Bonchev–Trinajstić information content (AvgIpc) is 3.11. The summed E-state index contributed by atoms with van der Waals surface area (Å²) in [5.74, 6) is -0.833. The van der Waals surface area contributed by atoms with Crippen LogP contribution >= 0.6 is 39.0 Å². The van der Waals surface area contributed by atoms with Crippen LogP contribution in [0.5, 0.6) is 0 Å². The number of thiophene rings is 1. The minimum atomic E-state index is -1.19. The summed E-state index contributed by atoms with van der Waals surface area (Å²) >= 11 is 5.30. The number of thioether (sulfide) groups is 1. The van der Waals surface area contributed by atoms with Crippen molar-refractivity contribution in [2.24, 2.45) is 0 Å². The monoisotopic (exact) mass is 448 g/mol. The first-order valence-corrected chi connectivity index (χ1v) is 10.3. The number of amides is 2. The largest absolute Gasteiger partial charge is 0.521 e. The first-order valence-electron chi connectivity index (χ1n) is 7.80. The van der Waals surface area contributed by atoms with E-state index in [4.69, 9.17) is 0 Å². The number of hydrogen-bond acceptors (Lipinski definition) is 6. The van der Waals surface area contributed by atoms with E-state index in [1.165, 1.54) is 18.3 Å². The van der Waals surface area contributed by atoms with Crippen molar-refractivity contribution in [2.75, 3.05) is 6.54 Å². The molecule has 1 aromatic rings. The van der Waals surface area contributed by atoms with E-state index >= 15 is 0 Å². The van der Waals surface area contributed by atoms with Gasteiger partial charge in [0.1, 0.15) is 6.04 Å². The number of likely N-dealkylation sites (tertiary alicyclic amines) is 1. The molecule has 1 aliphatic rings. The molecule has 2 unspecified atom stereocenters. The zero-order chi connectivity index (χ0) is 18.8. The second kappa shape index (κ2) is 8.11. The number of Topliss-reactive ketones (excluding diaryl/α,β-unsaturated/α-hetero) is 1. The van der Waals surface area contributed by atoms with Crippen LogP contribution in [0.1, 0.15) is 42.8 Å². The van der Waals surface area contributed by atoms with Gasteiger partial charge in [-0.05, 0) is 35.0 Å². The molecule has 2 heterocycles. The van der Waals surface area contributed by atoms with Crippen molar-refractivity contribution in [1.29, 1.82) is 0 Å². The Hall–Kier alpha value is -1.03. The van der Waals surface area contributed by atoms with Crippen LogP contribution in [0.25, 0.3) is 0 Å². The molecule has 0 spiro atoms. The molecule has 1 fully saturated rings. The maximum atomic E-state index is 12.9. The van der Waals surface area contributed by atoms with Gasteiger partial charge in [0.25, 0.3) is 0 Å². The van der Waals surface area contributed by atoms with Gasteiger partial charge in [-0.1, -0.05) is 11.8 Å². The van der Waals surface area contributed by atoms with Gasteiger partial charge in [0.05, 0.1) is 26.9 Å². The van der Waals surface area contributed by atoms with Crippen molar-refractivity contribution in [3.05, 3.63) is 20.8 Å². The number of carbonyl (C=O) groups is 4. The topological polar surface area (TPSA) is 88.5 Å². The lowest BCUT2D eigenvalue weighted by Gasteiger charge is -2.30. The summed E-state index contributed by atoms with van der Waals surface area (Å²) in [6.45, 7) is 3.30. The normalized spacial score (nSPS) is 24.0. The van der Waals surface area contributed by atoms with E-state index < -0.39 is 21.7 Å². The van der Waals surface area contributed by atoms with Crippen molar-refractivity contribution < 1.29 is 28.8 Å². The molecule has 0 radical (unpaired) electrons. The lowest BCUT2D eigenvalue weighted by atomic mass is 10.1. The van der Waals surface area contributed by atoms with Crippen molar-refractivity contribution >= 4 is 61.9 Å². The van der Waals surface area contributed by atoms with Gasteiger partial charge in [0.2, 0.25) is 0 Å². The van der Waals surface area contributed by atoms with E-state index in [2.05, 4.69) is 15.9 Å². The molecule has 3 atom stereocenters. The molecular weight excluding hydrogens is 430 g/mol. The molecule has 0 aliphatic carbocycles. The number of halogens is 1. The van der Waals surface area contributed by atoms with Crippen molar-refractivity contribution in [1.82, 2.24) is 0 Å². The van der Waals surface area contributed by atoms with Crippen LogP contribution in [0.3, 0.4) is 0 Å². The Bertz CT molecular complexity index is 719. The van der Waals surface area contributed by atoms with Crippen LogP contribution in [-0.2, 0) is 9.59 Å². The fraction of sp³-hybridized carbons (Fsp3) is 0.500. The fourth-order valence-electron chi connectivity index (χ4n) is 3.15. The van der Waals surface area contributed by atoms with Crippen LogP contribution in [0.4, 0.5) is 4.79 Å². The van der Waals surface area contributed by atoms with Crippen molar-refractivity contribution in [3.63, 3.8) is 0 Å². The van der Waals surface area contributed by atoms with Gasteiger partial charge in [0.15, 0.2) is 10.9 Å². The predicted molar refractivity (Wildman–Crippen MR) is 99.9 cm³/mol. The molecule has 136 valence electrons. The number of ketones is 1. The molecule has 6 nitrogen and oxygen atoms in total. The van der Waals surface area contributed by atoms with E-state index in [-0.39, 0.29) is 29.9 Å². The predicted octanol–water partition coefficient (Wildman–Crippen LogP) is 3.94. The van der Waals surface area contributed by atoms with Crippen molar-refractivity contribution in [2.45, 2.75) is 44.4 Å². The van der Waals surface area contributed by atoms with Gasteiger partial charge in [-0.25, -0.2) is 4.79 Å². The molecule has 9 heteroatoms. The number of quaternary nitrogens is 1. The number of carboxylic acid groups (broad SMARTS) is 1. The highest BCUT2D eigenvalue weighted by molar-refractivity contribution is 9.11. The SMILES string of the molecule is CC(=O)SC(CC(=O)[N+]1(C(=O)O)CCC[C@H]1C)C(=O)c1ccc(Br)s1. The molecule has 2 rings (SSSR count). The Kier molecular flexibility index (Phi) is 6.58. The molecule has 1 aliphatic heterocycles. The summed E-state index contributed by atoms with van der Waals surface area (Å²) in [6.07, 6.45) is -0.160. The minimum Gasteiger partial charge on any atom is -0.435 e. The van der Waals surface area contributed by atoms with Gasteiger partial charge >= 0.3 is 12.0 Å². The number of rotatable bonds is 5. The Morgan fingerprint density at radius 3 is 2.52 bits per heavy atom. The third-order valence-corrected chi connectivity index (χ3v) is 7.08. The smallest absolute Gasteiger partial charge is 0.435 e. The summed E-state index contributed by atoms with van der Waals surface area (Å²) in [5.41, 5.74) is 0. The van der Waals surface area contributed by atoms with Gasteiger partial charge in [-0.2, -0.15) is 9.28 Å². The van der Waals surface area contributed by atoms with Crippen LogP contribution in [0.2, 0.25) is 0 Å². The second-order valence-electron chi connectivity index (χ2n) is 6.03. The van der Waals surface area contributed by atoms with E-state index in [1.807, 2.05) is 0 Å². The van der Waals surface area contributed by atoms with Crippen LogP contribution < -0.4 is 0 Å². The van der Waals surface area contributed by atoms with Gasteiger partial charge in [-0.15, -0.1) is 11.3 Å². The first-order chi connectivity index (χ1) is 11.7. The Morgan fingerprint density at radius 1 is 1.40 bits per heavy atom. The molecule has 1 aromatic heterocycles. The third kappa shape index (κ3) is 4.21. The van der Waals surface area contributed by atoms with Gasteiger partial charge in [-0.3, -0.25) is 9.59 Å². The summed E-state index contributed by atoms with van der Waals surface area (Å²) in [7, 11) is 0. The Labute approximate surface area is 162 Å². The van der Waals surface area contributed by atoms with E-state index in [0.29, 0.717) is 17.7 Å². The highest BCUT2D eigenvalue weighted by atomic mass is 79.9. The number of nitrogens with zero attached hydrogens (tertiary/aromatic N) is 1. The average molecular weight is 449 g/mol. The Balaban J connectivity index is 2.27. The summed E-state index contributed by atoms with van der Waals surface area (Å²) in [5, 5.41) is 8.46. The summed E-state index contributed by atoms with van der Waals surface area (Å²) in [6, 6.07) is 3.03. The van der Waals surface area contributed by atoms with E-state index in [1.54, 1.807) is 19.1 Å². The molecule has 1 N–H and O–H groups in total.